The number of hydrogen-bond donors (Lipinski definition) is 0. The van der Waals surface area contributed by atoms with E-state index in [1.54, 1.807) is 7.11 Å². The molecule has 0 amide bonds. The number of rotatable bonds is 13. The number of aromatic nitrogens is 1. The summed E-state index contributed by atoms with van der Waals surface area (Å²) in [6.07, 6.45) is 0. The van der Waals surface area contributed by atoms with Crippen LogP contribution in [0, 0.1) is 20.8 Å². The summed E-state index contributed by atoms with van der Waals surface area (Å²) in [5, 5.41) is 5.16. The first-order chi connectivity index (χ1) is 19.8. The Hall–Kier alpha value is -3.48. The van der Waals surface area contributed by atoms with Gasteiger partial charge < -0.3 is 19.0 Å². The molecule has 41 heavy (non-hydrogen) atoms. The van der Waals surface area contributed by atoms with Gasteiger partial charge in [0.05, 0.1) is 7.11 Å². The van der Waals surface area contributed by atoms with Gasteiger partial charge >= 0.3 is 0 Å². The van der Waals surface area contributed by atoms with Crippen LogP contribution in [-0.2, 0) is 6.54 Å². The molecule has 0 saturated carbocycles. The second kappa shape index (κ2) is 13.5. The number of aryl methyl sites for hydroxylation is 3. The largest absolute Gasteiger partial charge is 0.497 e. The minimum absolute atomic E-state index is 0.0436. The third-order valence-electron chi connectivity index (χ3n) is 8.19. The lowest BCUT2D eigenvalue weighted by Crippen LogP contribution is -2.27. The minimum atomic E-state index is -0.0436. The highest BCUT2D eigenvalue weighted by atomic mass is 16.7. The van der Waals surface area contributed by atoms with Crippen molar-refractivity contribution in [1.82, 2.24) is 14.7 Å². The van der Waals surface area contributed by atoms with Crippen LogP contribution in [0.2, 0.25) is 0 Å². The molecule has 6 heteroatoms. The molecule has 0 unspecified atom stereocenters. The Kier molecular flexibility index (Phi) is 10.0. The molecule has 0 aliphatic carbocycles. The number of benzene rings is 3. The van der Waals surface area contributed by atoms with Crippen LogP contribution in [0.25, 0.3) is 10.9 Å². The van der Waals surface area contributed by atoms with Gasteiger partial charge in [-0.05, 0) is 126 Å². The quantitative estimate of drug-likeness (QED) is 0.156. The van der Waals surface area contributed by atoms with Gasteiger partial charge in [-0.3, -0.25) is 0 Å². The van der Waals surface area contributed by atoms with E-state index < -0.39 is 0 Å². The van der Waals surface area contributed by atoms with Crippen molar-refractivity contribution in [3.63, 3.8) is 0 Å². The molecule has 3 aromatic carbocycles. The summed E-state index contributed by atoms with van der Waals surface area (Å²) in [5.41, 5.74) is 8.63. The van der Waals surface area contributed by atoms with Crippen LogP contribution in [0.4, 0.5) is 0 Å². The Morgan fingerprint density at radius 3 is 1.59 bits per heavy atom. The first-order valence-corrected chi connectivity index (χ1v) is 15.0. The van der Waals surface area contributed by atoms with E-state index >= 15 is 0 Å². The van der Waals surface area contributed by atoms with Crippen molar-refractivity contribution in [3.8, 4) is 17.2 Å². The fourth-order valence-electron chi connectivity index (χ4n) is 5.84. The first kappa shape index (κ1) is 30.5. The van der Waals surface area contributed by atoms with Gasteiger partial charge in [0, 0.05) is 55.2 Å². The van der Waals surface area contributed by atoms with Crippen LogP contribution in [0.3, 0.4) is 0 Å². The molecule has 0 fully saturated rings. The number of ether oxygens (including phenoxy) is 1. The maximum atomic E-state index is 6.32. The Balaban J connectivity index is 2.03. The Labute approximate surface area is 246 Å². The van der Waals surface area contributed by atoms with E-state index in [9.17, 15) is 0 Å². The third-order valence-corrected chi connectivity index (χ3v) is 8.19. The molecule has 0 saturated heterocycles. The zero-order chi connectivity index (χ0) is 29.7. The predicted molar refractivity (Wildman–Crippen MR) is 169 cm³/mol. The average molecular weight is 558 g/mol. The van der Waals surface area contributed by atoms with E-state index in [4.69, 9.17) is 14.4 Å². The van der Waals surface area contributed by atoms with Crippen molar-refractivity contribution in [2.75, 3.05) is 33.3 Å². The molecule has 0 N–H and O–H groups in total. The van der Waals surface area contributed by atoms with Gasteiger partial charge in [-0.2, -0.15) is 0 Å². The molecule has 0 aliphatic rings. The molecule has 0 aliphatic heterocycles. The molecule has 4 aromatic rings. The van der Waals surface area contributed by atoms with Crippen molar-refractivity contribution >= 4 is 10.9 Å². The van der Waals surface area contributed by atoms with Crippen molar-refractivity contribution in [1.29, 1.82) is 0 Å². The molecule has 1 heterocycles. The van der Waals surface area contributed by atoms with Gasteiger partial charge in [-0.15, -0.1) is 10.1 Å². The molecule has 0 radical (unpaired) electrons. The van der Waals surface area contributed by atoms with E-state index in [0.717, 1.165) is 50.0 Å². The van der Waals surface area contributed by atoms with E-state index in [-0.39, 0.29) is 5.92 Å². The fraction of sp³-hybridized carbons (Fsp3) is 0.429. The van der Waals surface area contributed by atoms with Gasteiger partial charge in [0.15, 0.2) is 0 Å². The Morgan fingerprint density at radius 2 is 1.15 bits per heavy atom. The number of hydrogen-bond acceptors (Lipinski definition) is 5. The van der Waals surface area contributed by atoms with Gasteiger partial charge in [0.2, 0.25) is 0 Å². The monoisotopic (exact) mass is 557 g/mol. The summed E-state index contributed by atoms with van der Waals surface area (Å²) in [4.78, 5) is 12.6. The summed E-state index contributed by atoms with van der Waals surface area (Å²) in [7, 11) is 1.73. The summed E-state index contributed by atoms with van der Waals surface area (Å²) in [5.74, 6) is 2.51. The fourth-order valence-corrected chi connectivity index (χ4v) is 5.84. The van der Waals surface area contributed by atoms with Gasteiger partial charge in [0.25, 0.3) is 0 Å². The normalized spacial score (nSPS) is 11.7. The zero-order valence-electron chi connectivity index (χ0n) is 26.4. The molecule has 220 valence electrons. The highest BCUT2D eigenvalue weighted by molar-refractivity contribution is 5.89. The molecule has 0 spiro atoms. The van der Waals surface area contributed by atoms with Crippen LogP contribution < -0.4 is 14.4 Å². The SMILES string of the molecule is CCN(CC)Oc1ccc(C)c(C(c2cc(ON(CC)CC)ccc2C)c2c(C)n(CC)c3ccc(OC)cc23)c1. The summed E-state index contributed by atoms with van der Waals surface area (Å²) in [6.45, 7) is 21.5. The lowest BCUT2D eigenvalue weighted by atomic mass is 9.80. The van der Waals surface area contributed by atoms with Crippen molar-refractivity contribution in [2.45, 2.75) is 67.9 Å². The van der Waals surface area contributed by atoms with Crippen molar-refractivity contribution < 1.29 is 14.4 Å². The highest BCUT2D eigenvalue weighted by Gasteiger charge is 2.28. The summed E-state index contributed by atoms with van der Waals surface area (Å²) in [6, 6.07) is 19.4. The maximum absolute atomic E-state index is 6.32. The number of methoxy groups -OCH3 is 1. The second-order valence-corrected chi connectivity index (χ2v) is 10.5. The Morgan fingerprint density at radius 1 is 0.659 bits per heavy atom. The zero-order valence-corrected chi connectivity index (χ0v) is 26.4. The van der Waals surface area contributed by atoms with E-state index in [0.29, 0.717) is 0 Å². The summed E-state index contributed by atoms with van der Waals surface area (Å²) >= 11 is 0. The van der Waals surface area contributed by atoms with Crippen molar-refractivity contribution in [2.24, 2.45) is 0 Å². The van der Waals surface area contributed by atoms with Gasteiger partial charge in [0.1, 0.15) is 17.2 Å². The van der Waals surface area contributed by atoms with E-state index in [2.05, 4.69) is 115 Å². The molecular formula is C35H47N3O3. The number of fused-ring (bicyclic) bond motifs is 1. The van der Waals surface area contributed by atoms with E-state index in [1.807, 2.05) is 10.1 Å². The molecule has 1 aromatic heterocycles. The van der Waals surface area contributed by atoms with E-state index in [1.165, 1.54) is 44.4 Å². The minimum Gasteiger partial charge on any atom is -0.497 e. The predicted octanol–water partition coefficient (Wildman–Crippen LogP) is 8.05. The molecule has 4 rings (SSSR count). The molecule has 0 atom stereocenters. The van der Waals surface area contributed by atoms with Crippen LogP contribution in [0.5, 0.6) is 17.2 Å². The first-order valence-electron chi connectivity index (χ1n) is 15.0. The molecule has 6 nitrogen and oxygen atoms in total. The lowest BCUT2D eigenvalue weighted by Gasteiger charge is -2.26. The van der Waals surface area contributed by atoms with Crippen molar-refractivity contribution in [3.05, 3.63) is 88.1 Å². The number of hydroxylamine groups is 4. The van der Waals surface area contributed by atoms with Gasteiger partial charge in [-0.1, -0.05) is 12.1 Å². The summed E-state index contributed by atoms with van der Waals surface area (Å²) < 4.78 is 8.12. The van der Waals surface area contributed by atoms with Crippen LogP contribution >= 0.6 is 0 Å². The number of nitrogens with zero attached hydrogens (tertiary/aromatic N) is 3. The Bertz CT molecular complexity index is 1400. The second-order valence-electron chi connectivity index (χ2n) is 10.5. The molecular weight excluding hydrogens is 510 g/mol. The standard InChI is InChI=1S/C35H47N3O3/c1-10-36(11-2)40-28-17-15-24(6)30(22-28)35(31-23-29(18-16-25(31)7)41-37(12-3)13-4)34-26(8)38(14-5)33-20-19-27(39-9)21-32(33)34/h15-23,35H,10-14H2,1-9H3. The maximum Gasteiger partial charge on any atom is 0.147 e. The highest BCUT2D eigenvalue weighted by Crippen LogP contribution is 2.44. The lowest BCUT2D eigenvalue weighted by molar-refractivity contribution is -0.0487. The topological polar surface area (TPSA) is 39.1 Å². The third kappa shape index (κ3) is 6.24. The molecule has 0 bridgehead atoms. The smallest absolute Gasteiger partial charge is 0.147 e. The average Bonchev–Trinajstić information content (AvgIpc) is 3.27. The van der Waals surface area contributed by atoms with Crippen LogP contribution in [-0.4, -0.2) is 48.0 Å². The van der Waals surface area contributed by atoms with Gasteiger partial charge in [-0.25, -0.2) is 0 Å². The van der Waals surface area contributed by atoms with Crippen LogP contribution in [0.15, 0.2) is 54.6 Å². The van der Waals surface area contributed by atoms with Crippen LogP contribution in [0.1, 0.15) is 74.0 Å².